The second-order valence-electron chi connectivity index (χ2n) is 7.84. The minimum absolute atomic E-state index is 0.00275. The van der Waals surface area contributed by atoms with Crippen LogP contribution in [0, 0.1) is 5.92 Å². The predicted octanol–water partition coefficient (Wildman–Crippen LogP) is 3.21. The van der Waals surface area contributed by atoms with E-state index in [0.717, 1.165) is 5.56 Å². The first-order valence-electron chi connectivity index (χ1n) is 10.1. The van der Waals surface area contributed by atoms with Gasteiger partial charge in [0.2, 0.25) is 5.91 Å². The van der Waals surface area contributed by atoms with E-state index in [1.807, 2.05) is 39.8 Å². The highest BCUT2D eigenvalue weighted by Gasteiger charge is 2.17. The van der Waals surface area contributed by atoms with Gasteiger partial charge in [0.1, 0.15) is 5.75 Å². The second kappa shape index (κ2) is 12.8. The molecule has 0 aromatic heterocycles. The Morgan fingerprint density at radius 1 is 1.07 bits per heavy atom. The molecule has 0 spiro atoms. The topological polar surface area (TPSA) is 90.9 Å². The summed E-state index contributed by atoms with van der Waals surface area (Å²) < 4.78 is 15.4. The molecule has 0 bridgehead atoms. The molecule has 7 heteroatoms. The van der Waals surface area contributed by atoms with Gasteiger partial charge in [0, 0.05) is 12.0 Å². The smallest absolute Gasteiger partial charge is 0.339 e. The van der Waals surface area contributed by atoms with Crippen LogP contribution in [0.15, 0.2) is 36.4 Å². The van der Waals surface area contributed by atoms with Gasteiger partial charge in [-0.2, -0.15) is 0 Å². The number of benzene rings is 1. The lowest BCUT2D eigenvalue weighted by Crippen LogP contribution is -2.40. The van der Waals surface area contributed by atoms with E-state index < -0.39 is 11.9 Å². The van der Waals surface area contributed by atoms with E-state index in [9.17, 15) is 14.4 Å². The Hall–Kier alpha value is -2.67. The monoisotopic (exact) mass is 419 g/mol. The standard InChI is InChI=1S/C23H33NO6/c1-15(2)11-21(25)24-19(14-29-16(3)4)13-18-7-9-20(10-8-18)30-23(27)17(5)12-22(26)28-6/h7-10,15-16,19H,5,11-14H2,1-4,6H3,(H,24,25). The Balaban J connectivity index is 2.70. The molecule has 1 aromatic rings. The molecule has 1 unspecified atom stereocenters. The molecule has 1 N–H and O–H groups in total. The Kier molecular flexibility index (Phi) is 10.8. The molecular formula is C23H33NO6. The number of amides is 1. The Morgan fingerprint density at radius 3 is 2.23 bits per heavy atom. The summed E-state index contributed by atoms with van der Waals surface area (Å²) in [7, 11) is 1.24. The number of carbonyl (C=O) groups is 3. The van der Waals surface area contributed by atoms with Crippen LogP contribution in [0.3, 0.4) is 0 Å². The summed E-state index contributed by atoms with van der Waals surface area (Å²) in [6.45, 7) is 11.9. The predicted molar refractivity (Wildman–Crippen MR) is 114 cm³/mol. The van der Waals surface area contributed by atoms with Crippen LogP contribution in [-0.2, 0) is 30.3 Å². The summed E-state index contributed by atoms with van der Waals surface area (Å²) in [5, 5.41) is 3.03. The summed E-state index contributed by atoms with van der Waals surface area (Å²) in [4.78, 5) is 35.4. The van der Waals surface area contributed by atoms with Gasteiger partial charge in [0.05, 0.1) is 32.3 Å². The normalized spacial score (nSPS) is 11.8. The molecule has 0 radical (unpaired) electrons. The Labute approximate surface area is 178 Å². The molecule has 1 rings (SSSR count). The first-order valence-corrected chi connectivity index (χ1v) is 10.1. The zero-order chi connectivity index (χ0) is 22.7. The number of ether oxygens (including phenoxy) is 3. The van der Waals surface area contributed by atoms with E-state index in [2.05, 4.69) is 16.6 Å². The molecular weight excluding hydrogens is 386 g/mol. The maximum absolute atomic E-state index is 12.2. The van der Waals surface area contributed by atoms with Crippen molar-refractivity contribution in [2.75, 3.05) is 13.7 Å². The van der Waals surface area contributed by atoms with Crippen molar-refractivity contribution in [1.82, 2.24) is 5.32 Å². The van der Waals surface area contributed by atoms with Crippen molar-refractivity contribution in [1.29, 1.82) is 0 Å². The van der Waals surface area contributed by atoms with Crippen molar-refractivity contribution in [3.05, 3.63) is 42.0 Å². The summed E-state index contributed by atoms with van der Waals surface area (Å²) in [6, 6.07) is 6.81. The highest BCUT2D eigenvalue weighted by atomic mass is 16.5. The molecule has 1 aromatic carbocycles. The number of hydrogen-bond donors (Lipinski definition) is 1. The lowest BCUT2D eigenvalue weighted by molar-refractivity contribution is -0.141. The van der Waals surface area contributed by atoms with Crippen molar-refractivity contribution in [2.24, 2.45) is 5.92 Å². The molecule has 0 saturated heterocycles. The Morgan fingerprint density at radius 2 is 1.70 bits per heavy atom. The fraction of sp³-hybridized carbons (Fsp3) is 0.522. The molecule has 0 aliphatic rings. The van der Waals surface area contributed by atoms with Crippen LogP contribution in [0.4, 0.5) is 0 Å². The van der Waals surface area contributed by atoms with Gasteiger partial charge in [-0.15, -0.1) is 0 Å². The van der Waals surface area contributed by atoms with Gasteiger partial charge in [0.15, 0.2) is 0 Å². The first kappa shape index (κ1) is 25.4. The van der Waals surface area contributed by atoms with E-state index >= 15 is 0 Å². The molecule has 0 saturated carbocycles. The van der Waals surface area contributed by atoms with Gasteiger partial charge in [-0.1, -0.05) is 32.6 Å². The number of hydrogen-bond acceptors (Lipinski definition) is 6. The van der Waals surface area contributed by atoms with Crippen LogP contribution < -0.4 is 10.1 Å². The van der Waals surface area contributed by atoms with Crippen LogP contribution >= 0.6 is 0 Å². The molecule has 1 amide bonds. The average molecular weight is 420 g/mol. The van der Waals surface area contributed by atoms with Crippen LogP contribution in [0.2, 0.25) is 0 Å². The third-order valence-electron chi connectivity index (χ3n) is 4.08. The van der Waals surface area contributed by atoms with E-state index in [-0.39, 0.29) is 36.0 Å². The fourth-order valence-corrected chi connectivity index (χ4v) is 2.59. The van der Waals surface area contributed by atoms with Gasteiger partial charge >= 0.3 is 11.9 Å². The highest BCUT2D eigenvalue weighted by molar-refractivity contribution is 5.94. The summed E-state index contributed by atoms with van der Waals surface area (Å²) in [5.74, 6) is -0.621. The van der Waals surface area contributed by atoms with Crippen LogP contribution in [0.1, 0.15) is 46.1 Å². The number of carbonyl (C=O) groups excluding carboxylic acids is 3. The first-order chi connectivity index (χ1) is 14.1. The van der Waals surface area contributed by atoms with Crippen LogP contribution in [0.25, 0.3) is 0 Å². The zero-order valence-electron chi connectivity index (χ0n) is 18.5. The van der Waals surface area contributed by atoms with E-state index in [0.29, 0.717) is 25.2 Å². The molecule has 0 aliphatic heterocycles. The van der Waals surface area contributed by atoms with Crippen LogP contribution in [-0.4, -0.2) is 43.7 Å². The third-order valence-corrected chi connectivity index (χ3v) is 4.08. The van der Waals surface area contributed by atoms with E-state index in [1.54, 1.807) is 12.1 Å². The SMILES string of the molecule is C=C(CC(=O)OC)C(=O)Oc1ccc(CC(COC(C)C)NC(=O)CC(C)C)cc1. The molecule has 7 nitrogen and oxygen atoms in total. The van der Waals surface area contributed by atoms with Gasteiger partial charge in [-0.3, -0.25) is 9.59 Å². The highest BCUT2D eigenvalue weighted by Crippen LogP contribution is 2.16. The zero-order valence-corrected chi connectivity index (χ0v) is 18.5. The van der Waals surface area contributed by atoms with Gasteiger partial charge in [-0.25, -0.2) is 4.79 Å². The fourth-order valence-electron chi connectivity index (χ4n) is 2.59. The number of esters is 2. The number of nitrogens with one attached hydrogen (secondary N) is 1. The van der Waals surface area contributed by atoms with Crippen molar-refractivity contribution in [3.63, 3.8) is 0 Å². The third kappa shape index (κ3) is 10.2. The molecule has 0 heterocycles. The molecule has 0 aliphatic carbocycles. The van der Waals surface area contributed by atoms with Crippen molar-refractivity contribution < 1.29 is 28.6 Å². The van der Waals surface area contributed by atoms with Crippen molar-refractivity contribution in [2.45, 2.75) is 59.1 Å². The van der Waals surface area contributed by atoms with Crippen molar-refractivity contribution in [3.8, 4) is 5.75 Å². The number of rotatable bonds is 12. The van der Waals surface area contributed by atoms with Crippen LogP contribution in [0.5, 0.6) is 5.75 Å². The lowest BCUT2D eigenvalue weighted by Gasteiger charge is -2.21. The van der Waals surface area contributed by atoms with Crippen molar-refractivity contribution >= 4 is 17.8 Å². The maximum atomic E-state index is 12.2. The molecule has 166 valence electrons. The molecule has 1 atom stereocenters. The molecule has 30 heavy (non-hydrogen) atoms. The largest absolute Gasteiger partial charge is 0.469 e. The summed E-state index contributed by atoms with van der Waals surface area (Å²) in [6.07, 6.45) is 0.887. The summed E-state index contributed by atoms with van der Waals surface area (Å²) >= 11 is 0. The molecule has 0 fully saturated rings. The minimum Gasteiger partial charge on any atom is -0.469 e. The second-order valence-corrected chi connectivity index (χ2v) is 7.84. The maximum Gasteiger partial charge on any atom is 0.339 e. The average Bonchev–Trinajstić information content (AvgIpc) is 2.66. The summed E-state index contributed by atoms with van der Waals surface area (Å²) in [5.41, 5.74) is 0.982. The quantitative estimate of drug-likeness (QED) is 0.318. The minimum atomic E-state index is -0.683. The number of methoxy groups -OCH3 is 1. The van der Waals surface area contributed by atoms with Gasteiger partial charge in [-0.05, 0) is 43.9 Å². The lowest BCUT2D eigenvalue weighted by atomic mass is 10.0. The Bertz CT molecular complexity index is 724. The van der Waals surface area contributed by atoms with E-state index in [4.69, 9.17) is 9.47 Å². The van der Waals surface area contributed by atoms with Gasteiger partial charge < -0.3 is 19.5 Å². The van der Waals surface area contributed by atoms with E-state index in [1.165, 1.54) is 7.11 Å². The van der Waals surface area contributed by atoms with Gasteiger partial charge in [0.25, 0.3) is 0 Å².